The Bertz CT molecular complexity index is 840. The number of amides is 2. The summed E-state index contributed by atoms with van der Waals surface area (Å²) in [5, 5.41) is 9.91. The van der Waals surface area contributed by atoms with Crippen LogP contribution in [0.15, 0.2) is 24.5 Å². The molecule has 0 saturated carbocycles. The normalized spacial score (nSPS) is 18.5. The van der Waals surface area contributed by atoms with Crippen LogP contribution >= 0.6 is 0 Å². The number of likely N-dealkylation sites (tertiary alicyclic amines) is 1. The molecule has 0 radical (unpaired) electrons. The standard InChI is InChI=1S/C19H24N6O2/c1-13-16(11-22-23-13)14-3-7-24(8-4-14)19(27)17-10-15(2-5-20-17)25-9-6-21-18(26)12-25/h2,5,10-11,14H,3-4,6-9,12H2,1H3,(H,21,26)(H,22,23). The number of H-pyrrole nitrogens is 1. The van der Waals surface area contributed by atoms with Gasteiger partial charge in [-0.2, -0.15) is 5.10 Å². The zero-order valence-corrected chi connectivity index (χ0v) is 15.4. The molecule has 0 aliphatic carbocycles. The van der Waals surface area contributed by atoms with Crippen LogP contribution in [-0.4, -0.2) is 64.6 Å². The summed E-state index contributed by atoms with van der Waals surface area (Å²) in [6.07, 6.45) is 5.41. The van der Waals surface area contributed by atoms with Crippen LogP contribution in [0.2, 0.25) is 0 Å². The van der Waals surface area contributed by atoms with Crippen molar-refractivity contribution in [1.29, 1.82) is 0 Å². The number of piperazine rings is 1. The van der Waals surface area contributed by atoms with Crippen molar-refractivity contribution in [2.45, 2.75) is 25.7 Å². The van der Waals surface area contributed by atoms with E-state index in [4.69, 9.17) is 0 Å². The van der Waals surface area contributed by atoms with Gasteiger partial charge in [0.05, 0.1) is 12.7 Å². The topological polar surface area (TPSA) is 94.2 Å². The molecule has 0 atom stereocenters. The number of pyridine rings is 1. The second-order valence-electron chi connectivity index (χ2n) is 7.19. The molecule has 8 heteroatoms. The van der Waals surface area contributed by atoms with E-state index in [1.54, 1.807) is 12.3 Å². The van der Waals surface area contributed by atoms with Gasteiger partial charge in [-0.3, -0.25) is 19.7 Å². The van der Waals surface area contributed by atoms with E-state index in [-0.39, 0.29) is 11.8 Å². The fourth-order valence-electron chi connectivity index (χ4n) is 3.92. The van der Waals surface area contributed by atoms with E-state index in [9.17, 15) is 9.59 Å². The number of hydrogen-bond donors (Lipinski definition) is 2. The number of rotatable bonds is 3. The molecule has 2 aromatic rings. The maximum atomic E-state index is 12.9. The lowest BCUT2D eigenvalue weighted by Gasteiger charge is -2.32. The zero-order chi connectivity index (χ0) is 18.8. The number of anilines is 1. The van der Waals surface area contributed by atoms with Crippen molar-refractivity contribution in [3.63, 3.8) is 0 Å². The van der Waals surface area contributed by atoms with E-state index in [0.717, 1.165) is 30.8 Å². The maximum absolute atomic E-state index is 12.9. The van der Waals surface area contributed by atoms with Crippen LogP contribution in [0, 0.1) is 6.92 Å². The minimum Gasteiger partial charge on any atom is -0.360 e. The molecule has 142 valence electrons. The monoisotopic (exact) mass is 368 g/mol. The average molecular weight is 368 g/mol. The number of carbonyl (C=O) groups is 2. The molecule has 2 N–H and O–H groups in total. The van der Waals surface area contributed by atoms with Gasteiger partial charge < -0.3 is 15.1 Å². The molecule has 0 unspecified atom stereocenters. The largest absolute Gasteiger partial charge is 0.360 e. The minimum atomic E-state index is -0.0410. The van der Waals surface area contributed by atoms with Crippen molar-refractivity contribution in [3.05, 3.63) is 41.5 Å². The van der Waals surface area contributed by atoms with Crippen LogP contribution in [-0.2, 0) is 4.79 Å². The Morgan fingerprint density at radius 1 is 1.26 bits per heavy atom. The SMILES string of the molecule is Cc1[nH]ncc1C1CCN(C(=O)c2cc(N3CCNC(=O)C3)ccn2)CC1. The summed E-state index contributed by atoms with van der Waals surface area (Å²) in [5.74, 6) is 0.405. The van der Waals surface area contributed by atoms with Crippen molar-refractivity contribution < 1.29 is 9.59 Å². The Balaban J connectivity index is 1.42. The van der Waals surface area contributed by atoms with Crippen molar-refractivity contribution in [3.8, 4) is 0 Å². The maximum Gasteiger partial charge on any atom is 0.272 e. The fraction of sp³-hybridized carbons (Fsp3) is 0.474. The van der Waals surface area contributed by atoms with Gasteiger partial charge in [0.25, 0.3) is 5.91 Å². The summed E-state index contributed by atoms with van der Waals surface area (Å²) in [5.41, 5.74) is 3.67. The number of aromatic amines is 1. The molecule has 4 heterocycles. The van der Waals surface area contributed by atoms with Gasteiger partial charge in [-0.05, 0) is 43.4 Å². The first-order chi connectivity index (χ1) is 13.1. The van der Waals surface area contributed by atoms with Crippen molar-refractivity contribution in [1.82, 2.24) is 25.4 Å². The molecule has 2 fully saturated rings. The molecule has 0 aromatic carbocycles. The Hall–Kier alpha value is -2.90. The summed E-state index contributed by atoms with van der Waals surface area (Å²) in [6, 6.07) is 3.65. The first kappa shape index (κ1) is 17.5. The lowest BCUT2D eigenvalue weighted by atomic mass is 9.90. The van der Waals surface area contributed by atoms with Crippen LogP contribution < -0.4 is 10.2 Å². The predicted octanol–water partition coefficient (Wildman–Crippen LogP) is 1.07. The summed E-state index contributed by atoms with van der Waals surface area (Å²) in [6.45, 7) is 5.13. The van der Waals surface area contributed by atoms with Crippen LogP contribution in [0.5, 0.6) is 0 Å². The Morgan fingerprint density at radius 2 is 2.07 bits per heavy atom. The summed E-state index contributed by atoms with van der Waals surface area (Å²) >= 11 is 0. The van der Waals surface area contributed by atoms with Gasteiger partial charge in [-0.1, -0.05) is 0 Å². The van der Waals surface area contributed by atoms with E-state index in [1.165, 1.54) is 5.56 Å². The van der Waals surface area contributed by atoms with Crippen LogP contribution in [0.3, 0.4) is 0 Å². The number of nitrogens with zero attached hydrogens (tertiary/aromatic N) is 4. The first-order valence-corrected chi connectivity index (χ1v) is 9.38. The van der Waals surface area contributed by atoms with Gasteiger partial charge in [0.2, 0.25) is 5.91 Å². The number of piperidine rings is 1. The third-order valence-corrected chi connectivity index (χ3v) is 5.46. The van der Waals surface area contributed by atoms with E-state index in [1.807, 2.05) is 29.0 Å². The highest BCUT2D eigenvalue weighted by Gasteiger charge is 2.27. The van der Waals surface area contributed by atoms with Gasteiger partial charge in [0.1, 0.15) is 5.69 Å². The van der Waals surface area contributed by atoms with E-state index >= 15 is 0 Å². The number of carbonyl (C=O) groups excluding carboxylic acids is 2. The zero-order valence-electron chi connectivity index (χ0n) is 15.4. The van der Waals surface area contributed by atoms with Crippen LogP contribution in [0.4, 0.5) is 5.69 Å². The van der Waals surface area contributed by atoms with E-state index < -0.39 is 0 Å². The molecule has 27 heavy (non-hydrogen) atoms. The Morgan fingerprint density at radius 3 is 2.78 bits per heavy atom. The molecule has 0 spiro atoms. The van der Waals surface area contributed by atoms with Crippen molar-refractivity contribution >= 4 is 17.5 Å². The van der Waals surface area contributed by atoms with E-state index in [2.05, 4.69) is 20.5 Å². The molecular weight excluding hydrogens is 344 g/mol. The van der Waals surface area contributed by atoms with Gasteiger partial charge in [0, 0.05) is 43.8 Å². The predicted molar refractivity (Wildman–Crippen MR) is 101 cm³/mol. The molecule has 2 aliphatic heterocycles. The molecule has 4 rings (SSSR count). The highest BCUT2D eigenvalue weighted by atomic mass is 16.2. The molecule has 0 bridgehead atoms. The molecule has 2 saturated heterocycles. The number of aryl methyl sites for hydroxylation is 1. The molecule has 2 amide bonds. The first-order valence-electron chi connectivity index (χ1n) is 9.38. The third kappa shape index (κ3) is 3.65. The lowest BCUT2D eigenvalue weighted by Crippen LogP contribution is -2.47. The van der Waals surface area contributed by atoms with Gasteiger partial charge in [0.15, 0.2) is 0 Å². The summed E-state index contributed by atoms with van der Waals surface area (Å²) < 4.78 is 0. The highest BCUT2D eigenvalue weighted by Crippen LogP contribution is 2.29. The number of nitrogens with one attached hydrogen (secondary N) is 2. The highest BCUT2D eigenvalue weighted by molar-refractivity contribution is 5.93. The van der Waals surface area contributed by atoms with Crippen molar-refractivity contribution in [2.75, 3.05) is 37.6 Å². The second kappa shape index (κ2) is 7.38. The summed E-state index contributed by atoms with van der Waals surface area (Å²) in [4.78, 5) is 32.7. The van der Waals surface area contributed by atoms with Crippen LogP contribution in [0.1, 0.15) is 40.5 Å². The Kier molecular flexibility index (Phi) is 4.79. The van der Waals surface area contributed by atoms with Crippen molar-refractivity contribution in [2.24, 2.45) is 0 Å². The lowest BCUT2D eigenvalue weighted by molar-refractivity contribution is -0.120. The molecular formula is C19H24N6O2. The van der Waals surface area contributed by atoms with E-state index in [0.29, 0.717) is 37.8 Å². The average Bonchev–Trinajstić information content (AvgIpc) is 3.13. The smallest absolute Gasteiger partial charge is 0.272 e. The minimum absolute atomic E-state index is 0.00236. The fourth-order valence-corrected chi connectivity index (χ4v) is 3.92. The summed E-state index contributed by atoms with van der Waals surface area (Å²) in [7, 11) is 0. The molecule has 2 aromatic heterocycles. The quantitative estimate of drug-likeness (QED) is 0.845. The number of aromatic nitrogens is 3. The molecule has 2 aliphatic rings. The third-order valence-electron chi connectivity index (χ3n) is 5.46. The van der Waals surface area contributed by atoms with Crippen LogP contribution in [0.25, 0.3) is 0 Å². The Labute approximate surface area is 158 Å². The second-order valence-corrected chi connectivity index (χ2v) is 7.19. The van der Waals surface area contributed by atoms with Gasteiger partial charge in [-0.25, -0.2) is 0 Å². The number of hydrogen-bond acceptors (Lipinski definition) is 5. The molecule has 8 nitrogen and oxygen atoms in total. The van der Waals surface area contributed by atoms with Gasteiger partial charge in [-0.15, -0.1) is 0 Å². The van der Waals surface area contributed by atoms with Gasteiger partial charge >= 0.3 is 0 Å².